The minimum absolute atomic E-state index is 0.348. The van der Waals surface area contributed by atoms with Crippen molar-refractivity contribution in [2.24, 2.45) is 0 Å². The van der Waals surface area contributed by atoms with E-state index in [-0.39, 0.29) is 0 Å². The van der Waals surface area contributed by atoms with Crippen LogP contribution in [0.4, 0.5) is 5.69 Å². The summed E-state index contributed by atoms with van der Waals surface area (Å²) in [7, 11) is 0. The first-order valence-corrected chi connectivity index (χ1v) is 9.05. The van der Waals surface area contributed by atoms with Crippen molar-refractivity contribution in [1.82, 2.24) is 4.90 Å². The summed E-state index contributed by atoms with van der Waals surface area (Å²) in [4.78, 5) is 4.62. The van der Waals surface area contributed by atoms with Crippen LogP contribution in [-0.2, 0) is 0 Å². The molecule has 0 saturated carbocycles. The lowest BCUT2D eigenvalue weighted by atomic mass is 9.99. The van der Waals surface area contributed by atoms with E-state index in [4.69, 9.17) is 0 Å². The summed E-state index contributed by atoms with van der Waals surface area (Å²) >= 11 is 0. The van der Waals surface area contributed by atoms with E-state index in [1.54, 1.807) is 6.07 Å². The van der Waals surface area contributed by atoms with Crippen LogP contribution in [0.1, 0.15) is 29.2 Å². The van der Waals surface area contributed by atoms with Gasteiger partial charge in [0, 0.05) is 32.7 Å². The molecule has 1 atom stereocenters. The van der Waals surface area contributed by atoms with Crippen LogP contribution in [0.25, 0.3) is 0 Å². The molecular weight excluding hydrogens is 312 g/mol. The molecule has 2 N–H and O–H groups in total. The molecule has 4 heteroatoms. The molecule has 1 aliphatic rings. The second-order valence-corrected chi connectivity index (χ2v) is 6.98. The second kappa shape index (κ2) is 7.89. The van der Waals surface area contributed by atoms with Crippen LogP contribution in [0.3, 0.4) is 0 Å². The van der Waals surface area contributed by atoms with Crippen LogP contribution in [0.5, 0.6) is 5.75 Å². The molecule has 0 aromatic heterocycles. The zero-order valence-electron chi connectivity index (χ0n) is 15.2. The van der Waals surface area contributed by atoms with Gasteiger partial charge in [0.25, 0.3) is 0 Å². The van der Waals surface area contributed by atoms with Gasteiger partial charge in [-0.05, 0) is 43.5 Å². The Morgan fingerprint density at radius 3 is 2.40 bits per heavy atom. The fourth-order valence-corrected chi connectivity index (χ4v) is 3.60. The summed E-state index contributed by atoms with van der Waals surface area (Å²) in [5.41, 5.74) is 4.35. The van der Waals surface area contributed by atoms with Crippen molar-refractivity contribution < 1.29 is 10.2 Å². The van der Waals surface area contributed by atoms with E-state index in [0.717, 1.165) is 56.0 Å². The quantitative estimate of drug-likeness (QED) is 0.877. The van der Waals surface area contributed by atoms with Gasteiger partial charge in [-0.15, -0.1) is 0 Å². The molecule has 0 bridgehead atoms. The van der Waals surface area contributed by atoms with Crippen LogP contribution in [0.15, 0.2) is 42.5 Å². The third-order valence-corrected chi connectivity index (χ3v) is 5.10. The highest BCUT2D eigenvalue weighted by molar-refractivity contribution is 5.57. The summed E-state index contributed by atoms with van der Waals surface area (Å²) in [6.07, 6.45) is 0.345. The number of aryl methyl sites for hydroxylation is 2. The molecule has 1 heterocycles. The Morgan fingerprint density at radius 2 is 1.72 bits per heavy atom. The fourth-order valence-electron chi connectivity index (χ4n) is 3.60. The van der Waals surface area contributed by atoms with Crippen molar-refractivity contribution in [3.63, 3.8) is 0 Å². The number of phenols is 1. The number of anilines is 1. The highest BCUT2D eigenvalue weighted by atomic mass is 16.3. The van der Waals surface area contributed by atoms with Crippen molar-refractivity contribution in [2.75, 3.05) is 37.6 Å². The van der Waals surface area contributed by atoms with E-state index in [1.807, 2.05) is 24.3 Å². The van der Waals surface area contributed by atoms with E-state index < -0.39 is 6.10 Å². The molecule has 134 valence electrons. The molecule has 0 radical (unpaired) electrons. The van der Waals surface area contributed by atoms with Crippen LogP contribution >= 0.6 is 0 Å². The van der Waals surface area contributed by atoms with Gasteiger partial charge < -0.3 is 15.1 Å². The third-order valence-electron chi connectivity index (χ3n) is 5.10. The Labute approximate surface area is 150 Å². The van der Waals surface area contributed by atoms with E-state index in [2.05, 4.69) is 35.8 Å². The molecule has 4 nitrogen and oxygen atoms in total. The number of benzene rings is 2. The summed E-state index contributed by atoms with van der Waals surface area (Å²) < 4.78 is 0. The van der Waals surface area contributed by atoms with Gasteiger partial charge in [-0.2, -0.15) is 0 Å². The van der Waals surface area contributed by atoms with Gasteiger partial charge in [-0.3, -0.25) is 4.90 Å². The Balaban J connectivity index is 1.50. The van der Waals surface area contributed by atoms with E-state index in [0.29, 0.717) is 5.75 Å². The normalized spacial score (nSPS) is 16.8. The smallest absolute Gasteiger partial charge is 0.138 e. The molecule has 2 aromatic carbocycles. The number of piperazine rings is 1. The summed E-state index contributed by atoms with van der Waals surface area (Å²) in [5.74, 6) is 0.348. The average molecular weight is 340 g/mol. The Hall–Kier alpha value is -2.04. The van der Waals surface area contributed by atoms with Gasteiger partial charge >= 0.3 is 0 Å². The summed E-state index contributed by atoms with van der Waals surface area (Å²) in [5, 5.41) is 20.5. The van der Waals surface area contributed by atoms with Crippen LogP contribution in [0, 0.1) is 13.8 Å². The van der Waals surface area contributed by atoms with Gasteiger partial charge in [-0.1, -0.05) is 35.9 Å². The lowest BCUT2D eigenvalue weighted by Gasteiger charge is -2.36. The summed E-state index contributed by atoms with van der Waals surface area (Å²) in [6.45, 7) is 8.74. The van der Waals surface area contributed by atoms with Crippen molar-refractivity contribution in [3.8, 4) is 5.75 Å². The first-order valence-electron chi connectivity index (χ1n) is 9.05. The highest BCUT2D eigenvalue weighted by Crippen LogP contribution is 2.27. The molecule has 1 saturated heterocycles. The van der Waals surface area contributed by atoms with Crippen molar-refractivity contribution in [1.29, 1.82) is 0 Å². The molecule has 3 rings (SSSR count). The monoisotopic (exact) mass is 340 g/mol. The van der Waals surface area contributed by atoms with Crippen LogP contribution in [0.2, 0.25) is 0 Å². The number of hydrogen-bond acceptors (Lipinski definition) is 4. The zero-order chi connectivity index (χ0) is 17.8. The van der Waals surface area contributed by atoms with Gasteiger partial charge in [0.1, 0.15) is 5.75 Å². The largest absolute Gasteiger partial charge is 0.506 e. The van der Waals surface area contributed by atoms with E-state index in [9.17, 15) is 10.2 Å². The van der Waals surface area contributed by atoms with Crippen LogP contribution < -0.4 is 4.90 Å². The lowest BCUT2D eigenvalue weighted by molar-refractivity contribution is 0.139. The maximum absolute atomic E-state index is 10.5. The molecule has 2 aromatic rings. The minimum Gasteiger partial charge on any atom is -0.506 e. The third kappa shape index (κ3) is 4.33. The van der Waals surface area contributed by atoms with Gasteiger partial charge in [-0.25, -0.2) is 0 Å². The summed E-state index contributed by atoms with van der Waals surface area (Å²) in [6, 6.07) is 13.8. The number of aromatic hydroxyl groups is 1. The standard InChI is InChI=1S/C21H28N2O2/c1-16-7-8-18(17(2)15-16)20(24)9-10-22-11-13-23(14-12-22)19-5-3-4-6-21(19)25/h3-8,15,20,24-25H,9-14H2,1-2H3. The molecule has 0 spiro atoms. The van der Waals surface area contributed by atoms with Crippen molar-refractivity contribution in [2.45, 2.75) is 26.4 Å². The predicted octanol–water partition coefficient (Wildman–Crippen LogP) is 3.25. The van der Waals surface area contributed by atoms with E-state index in [1.165, 1.54) is 5.56 Å². The SMILES string of the molecule is Cc1ccc(C(O)CCN2CCN(c3ccccc3O)CC2)c(C)c1. The van der Waals surface area contributed by atoms with Crippen LogP contribution in [-0.4, -0.2) is 47.8 Å². The Bertz CT molecular complexity index is 709. The van der Waals surface area contributed by atoms with Crippen molar-refractivity contribution >= 4 is 5.69 Å². The first kappa shape index (κ1) is 17.8. The Morgan fingerprint density at radius 1 is 1.00 bits per heavy atom. The maximum atomic E-state index is 10.5. The van der Waals surface area contributed by atoms with Gasteiger partial charge in [0.05, 0.1) is 11.8 Å². The number of nitrogens with zero attached hydrogens (tertiary/aromatic N) is 2. The maximum Gasteiger partial charge on any atom is 0.138 e. The molecular formula is C21H28N2O2. The number of phenolic OH excluding ortho intramolecular Hbond substituents is 1. The molecule has 0 amide bonds. The second-order valence-electron chi connectivity index (χ2n) is 6.98. The highest BCUT2D eigenvalue weighted by Gasteiger charge is 2.20. The molecule has 25 heavy (non-hydrogen) atoms. The average Bonchev–Trinajstić information content (AvgIpc) is 2.61. The molecule has 0 aliphatic carbocycles. The van der Waals surface area contributed by atoms with Crippen molar-refractivity contribution in [3.05, 3.63) is 59.2 Å². The van der Waals surface area contributed by atoms with Gasteiger partial charge in [0.2, 0.25) is 0 Å². The minimum atomic E-state index is -0.406. The first-order chi connectivity index (χ1) is 12.0. The predicted molar refractivity (Wildman–Crippen MR) is 102 cm³/mol. The molecule has 1 aliphatic heterocycles. The number of para-hydroxylation sites is 2. The molecule has 1 unspecified atom stereocenters. The number of aliphatic hydroxyl groups excluding tert-OH is 1. The Kier molecular flexibility index (Phi) is 5.61. The fraction of sp³-hybridized carbons (Fsp3) is 0.429. The van der Waals surface area contributed by atoms with Gasteiger partial charge in [0.15, 0.2) is 0 Å². The van der Waals surface area contributed by atoms with E-state index >= 15 is 0 Å². The number of hydrogen-bond donors (Lipinski definition) is 2. The topological polar surface area (TPSA) is 46.9 Å². The number of rotatable bonds is 5. The zero-order valence-corrected chi connectivity index (χ0v) is 15.2. The molecule has 1 fully saturated rings. The lowest BCUT2D eigenvalue weighted by Crippen LogP contribution is -2.46. The number of aliphatic hydroxyl groups is 1.